The largest absolute Gasteiger partial charge is 0.479 e. The first kappa shape index (κ1) is 21.6. The number of halogens is 3. The summed E-state index contributed by atoms with van der Waals surface area (Å²) in [7, 11) is 2.43. The lowest BCUT2D eigenvalue weighted by Crippen LogP contribution is -2.76. The third-order valence-electron chi connectivity index (χ3n) is 4.16. The molecule has 3 unspecified atom stereocenters. The Kier molecular flexibility index (Phi) is 6.18. The monoisotopic (exact) mass is 480 g/mol. The third kappa shape index (κ3) is 4.11. The summed E-state index contributed by atoms with van der Waals surface area (Å²) >= 11 is 17.9. The van der Waals surface area contributed by atoms with Crippen LogP contribution in [0, 0.1) is 0 Å². The second-order valence-electron chi connectivity index (χ2n) is 6.34. The Morgan fingerprint density at radius 2 is 2.07 bits per heavy atom. The second-order valence-corrected chi connectivity index (χ2v) is 11.1. The van der Waals surface area contributed by atoms with E-state index < -0.39 is 32.6 Å². The van der Waals surface area contributed by atoms with E-state index in [1.807, 2.05) is 6.07 Å². The average Bonchev–Trinajstić information content (AvgIpc) is 2.58. The second kappa shape index (κ2) is 7.99. The Labute approximate surface area is 184 Å². The standard InChI is InChI=1S/C17H15Cl3N2O4S2/c1-9(2)11(12(23)24)22-13(25)16(8-17(18,19)20)14(22)27-28-15(21-16)26-10-6-4-3-5-7-10/h3-7,11,14H,1,8H2,2H3,(H,23,24). The third-order valence-corrected chi connectivity index (χ3v) is 7.04. The highest BCUT2D eigenvalue weighted by Gasteiger charge is 2.68. The van der Waals surface area contributed by atoms with Gasteiger partial charge >= 0.3 is 5.97 Å². The smallest absolute Gasteiger partial charge is 0.330 e. The highest BCUT2D eigenvalue weighted by Crippen LogP contribution is 2.56. The number of ether oxygens (including phenoxy) is 1. The molecule has 1 aromatic carbocycles. The molecule has 6 nitrogen and oxygen atoms in total. The van der Waals surface area contributed by atoms with E-state index in [4.69, 9.17) is 39.5 Å². The number of rotatable bonds is 5. The Morgan fingerprint density at radius 3 is 2.61 bits per heavy atom. The van der Waals surface area contributed by atoms with Gasteiger partial charge in [-0.05, 0) is 24.6 Å². The fourth-order valence-corrected chi connectivity index (χ4v) is 6.37. The summed E-state index contributed by atoms with van der Waals surface area (Å²) < 4.78 is 3.99. The molecule has 1 amide bonds. The minimum Gasteiger partial charge on any atom is -0.479 e. The van der Waals surface area contributed by atoms with Crippen LogP contribution in [-0.4, -0.2) is 47.9 Å². The number of aliphatic carboxylic acids is 1. The molecule has 0 spiro atoms. The number of amides is 1. The Hall–Kier alpha value is -1.06. The van der Waals surface area contributed by atoms with Crippen LogP contribution in [0.5, 0.6) is 5.75 Å². The van der Waals surface area contributed by atoms with Crippen LogP contribution in [0.25, 0.3) is 0 Å². The molecule has 3 atom stereocenters. The number of carboxylic acid groups (broad SMARTS) is 1. The van der Waals surface area contributed by atoms with Gasteiger partial charge in [-0.25, -0.2) is 9.79 Å². The average molecular weight is 482 g/mol. The number of alkyl halides is 3. The zero-order valence-corrected chi connectivity index (χ0v) is 18.4. The molecule has 1 saturated heterocycles. The number of para-hydroxylation sites is 1. The minimum atomic E-state index is -1.76. The molecule has 28 heavy (non-hydrogen) atoms. The van der Waals surface area contributed by atoms with Crippen LogP contribution in [0.3, 0.4) is 0 Å². The molecule has 0 saturated carbocycles. The lowest BCUT2D eigenvalue weighted by Gasteiger charge is -2.56. The van der Waals surface area contributed by atoms with Gasteiger partial charge in [0.2, 0.25) is 0 Å². The number of hydrogen-bond donors (Lipinski definition) is 1. The van der Waals surface area contributed by atoms with Crippen LogP contribution in [0.1, 0.15) is 13.3 Å². The van der Waals surface area contributed by atoms with E-state index in [0.717, 1.165) is 0 Å². The zero-order valence-electron chi connectivity index (χ0n) is 14.5. The van der Waals surface area contributed by atoms with Crippen molar-refractivity contribution in [3.8, 4) is 5.75 Å². The van der Waals surface area contributed by atoms with Gasteiger partial charge < -0.3 is 14.7 Å². The van der Waals surface area contributed by atoms with Crippen LogP contribution in [0.4, 0.5) is 0 Å². The molecule has 0 aliphatic carbocycles. The number of fused-ring (bicyclic) bond motifs is 1. The van der Waals surface area contributed by atoms with Crippen molar-refractivity contribution in [2.75, 3.05) is 0 Å². The molecule has 0 aromatic heterocycles. The maximum atomic E-state index is 13.1. The topological polar surface area (TPSA) is 79.2 Å². The van der Waals surface area contributed by atoms with Crippen molar-refractivity contribution in [3.05, 3.63) is 42.5 Å². The molecular weight excluding hydrogens is 467 g/mol. The van der Waals surface area contributed by atoms with Crippen LogP contribution in [0.2, 0.25) is 0 Å². The molecule has 2 heterocycles. The van der Waals surface area contributed by atoms with Gasteiger partial charge in [0, 0.05) is 17.2 Å². The van der Waals surface area contributed by atoms with Crippen molar-refractivity contribution in [1.82, 2.24) is 4.90 Å². The van der Waals surface area contributed by atoms with Crippen LogP contribution >= 0.6 is 56.4 Å². The number of benzene rings is 1. The van der Waals surface area contributed by atoms with E-state index in [-0.39, 0.29) is 11.7 Å². The fourth-order valence-electron chi connectivity index (χ4n) is 3.05. The summed E-state index contributed by atoms with van der Waals surface area (Å²) in [6.45, 7) is 5.24. The summed E-state index contributed by atoms with van der Waals surface area (Å²) in [6.07, 6.45) is -0.206. The molecule has 11 heteroatoms. The molecule has 1 aromatic rings. The van der Waals surface area contributed by atoms with Crippen molar-refractivity contribution >= 4 is 73.5 Å². The van der Waals surface area contributed by atoms with Gasteiger partial charge in [-0.3, -0.25) is 4.79 Å². The Balaban J connectivity index is 1.96. The maximum absolute atomic E-state index is 13.1. The van der Waals surface area contributed by atoms with Gasteiger partial charge in [0.25, 0.3) is 11.1 Å². The quantitative estimate of drug-likeness (QED) is 0.288. The van der Waals surface area contributed by atoms with Crippen molar-refractivity contribution in [3.63, 3.8) is 0 Å². The minimum absolute atomic E-state index is 0.206. The van der Waals surface area contributed by atoms with Crippen LogP contribution in [-0.2, 0) is 9.59 Å². The van der Waals surface area contributed by atoms with Gasteiger partial charge in [0.1, 0.15) is 11.1 Å². The van der Waals surface area contributed by atoms with E-state index >= 15 is 0 Å². The first-order valence-electron chi connectivity index (χ1n) is 7.99. The molecule has 0 bridgehead atoms. The number of likely N-dealkylation sites (tertiary alicyclic amines) is 1. The summed E-state index contributed by atoms with van der Waals surface area (Å²) in [6, 6.07) is 7.76. The van der Waals surface area contributed by atoms with Crippen molar-refractivity contribution < 1.29 is 19.4 Å². The number of carbonyl (C=O) groups excluding carboxylic acids is 1. The summed E-state index contributed by atoms with van der Waals surface area (Å²) in [5.74, 6) is -1.17. The van der Waals surface area contributed by atoms with E-state index in [1.165, 1.54) is 26.5 Å². The SMILES string of the molecule is C=C(C)C(C(=O)O)N1C(=O)C2(CC(Cl)(Cl)Cl)N=C(Oc3ccccc3)SSC12. The molecule has 2 aliphatic rings. The number of carboxylic acids is 1. The van der Waals surface area contributed by atoms with Gasteiger partial charge in [-0.15, -0.1) is 0 Å². The summed E-state index contributed by atoms with van der Waals surface area (Å²) in [4.78, 5) is 30.5. The number of nitrogens with zero attached hydrogens (tertiary/aromatic N) is 2. The predicted octanol–water partition coefficient (Wildman–Crippen LogP) is 4.51. The first-order chi connectivity index (χ1) is 13.0. The first-order valence-corrected chi connectivity index (χ1v) is 11.3. The molecule has 1 N–H and O–H groups in total. The lowest BCUT2D eigenvalue weighted by molar-refractivity contribution is -0.164. The Bertz CT molecular complexity index is 833. The normalized spacial score (nSPS) is 25.3. The molecular formula is C17H15Cl3N2O4S2. The number of carbonyl (C=O) groups is 2. The van der Waals surface area contributed by atoms with E-state index in [1.54, 1.807) is 31.2 Å². The van der Waals surface area contributed by atoms with E-state index in [9.17, 15) is 14.7 Å². The lowest BCUT2D eigenvalue weighted by atomic mass is 9.83. The highest BCUT2D eigenvalue weighted by atomic mass is 35.6. The highest BCUT2D eigenvalue weighted by molar-refractivity contribution is 8.82. The molecule has 150 valence electrons. The van der Waals surface area contributed by atoms with Crippen LogP contribution < -0.4 is 4.74 Å². The number of aliphatic imine (C=N–C) groups is 1. The van der Waals surface area contributed by atoms with Gasteiger partial charge in [-0.2, -0.15) is 0 Å². The number of hydrogen-bond acceptors (Lipinski definition) is 6. The Morgan fingerprint density at radius 1 is 1.43 bits per heavy atom. The summed E-state index contributed by atoms with van der Waals surface area (Å²) in [5.41, 5.74) is -1.10. The van der Waals surface area contributed by atoms with E-state index in [2.05, 4.69) is 11.6 Å². The van der Waals surface area contributed by atoms with Crippen molar-refractivity contribution in [1.29, 1.82) is 0 Å². The molecule has 0 radical (unpaired) electrons. The summed E-state index contributed by atoms with van der Waals surface area (Å²) in [5, 5.41) is 9.14. The fraction of sp³-hybridized carbons (Fsp3) is 0.353. The van der Waals surface area contributed by atoms with Crippen molar-refractivity contribution in [2.24, 2.45) is 4.99 Å². The van der Waals surface area contributed by atoms with Gasteiger partial charge in [0.15, 0.2) is 15.4 Å². The van der Waals surface area contributed by atoms with Gasteiger partial charge in [-0.1, -0.05) is 70.4 Å². The van der Waals surface area contributed by atoms with Crippen molar-refractivity contribution in [2.45, 2.75) is 34.1 Å². The number of β-lactam (4-membered cyclic amide) rings is 1. The van der Waals surface area contributed by atoms with E-state index in [0.29, 0.717) is 11.3 Å². The van der Waals surface area contributed by atoms with Crippen LogP contribution in [0.15, 0.2) is 47.5 Å². The molecule has 1 fully saturated rings. The zero-order chi connectivity index (χ0) is 20.7. The predicted molar refractivity (Wildman–Crippen MR) is 114 cm³/mol. The van der Waals surface area contributed by atoms with Gasteiger partial charge in [0.05, 0.1) is 0 Å². The molecule has 3 rings (SSSR count). The maximum Gasteiger partial charge on any atom is 0.330 e. The molecule has 2 aliphatic heterocycles.